The minimum Gasteiger partial charge on any atom is -0.395 e. The summed E-state index contributed by atoms with van der Waals surface area (Å²) >= 11 is 1.64. The maximum absolute atomic E-state index is 9.13. The van der Waals surface area contributed by atoms with Crippen molar-refractivity contribution in [3.8, 4) is 0 Å². The average Bonchev–Trinajstić information content (AvgIpc) is 2.19. The SMILES string of the molecule is CSC(CO)C(C)Nc1ccnc(N)c1. The molecule has 5 heteroatoms. The van der Waals surface area contributed by atoms with Crippen LogP contribution in [0.4, 0.5) is 11.5 Å². The van der Waals surface area contributed by atoms with Crippen LogP contribution in [0, 0.1) is 0 Å². The zero-order valence-electron chi connectivity index (χ0n) is 8.97. The van der Waals surface area contributed by atoms with E-state index in [-0.39, 0.29) is 17.9 Å². The molecule has 0 spiro atoms. The van der Waals surface area contributed by atoms with Crippen molar-refractivity contribution in [2.24, 2.45) is 0 Å². The van der Waals surface area contributed by atoms with E-state index in [4.69, 9.17) is 10.8 Å². The molecule has 84 valence electrons. The lowest BCUT2D eigenvalue weighted by molar-refractivity contribution is 0.288. The molecule has 1 heterocycles. The number of hydrogen-bond acceptors (Lipinski definition) is 5. The van der Waals surface area contributed by atoms with Gasteiger partial charge < -0.3 is 16.2 Å². The number of nitrogens with zero attached hydrogens (tertiary/aromatic N) is 1. The predicted octanol–water partition coefficient (Wildman–Crippen LogP) is 1.19. The first-order valence-corrected chi connectivity index (χ1v) is 6.08. The van der Waals surface area contributed by atoms with Gasteiger partial charge in [-0.3, -0.25) is 0 Å². The summed E-state index contributed by atoms with van der Waals surface area (Å²) in [5, 5.41) is 12.6. The van der Waals surface area contributed by atoms with E-state index in [1.54, 1.807) is 24.0 Å². The highest BCUT2D eigenvalue weighted by molar-refractivity contribution is 7.99. The summed E-state index contributed by atoms with van der Waals surface area (Å²) in [7, 11) is 0. The Hall–Kier alpha value is -0.940. The van der Waals surface area contributed by atoms with Crippen molar-refractivity contribution >= 4 is 23.3 Å². The molecule has 0 radical (unpaired) electrons. The van der Waals surface area contributed by atoms with Crippen molar-refractivity contribution in [3.63, 3.8) is 0 Å². The zero-order valence-corrected chi connectivity index (χ0v) is 9.79. The molecule has 4 N–H and O–H groups in total. The molecule has 0 aromatic carbocycles. The van der Waals surface area contributed by atoms with E-state index in [0.717, 1.165) is 5.69 Å². The van der Waals surface area contributed by atoms with Crippen LogP contribution in [0.25, 0.3) is 0 Å². The fourth-order valence-electron chi connectivity index (χ4n) is 1.33. The number of rotatable bonds is 5. The Morgan fingerprint density at radius 1 is 1.67 bits per heavy atom. The van der Waals surface area contributed by atoms with E-state index in [2.05, 4.69) is 10.3 Å². The van der Waals surface area contributed by atoms with Crippen LogP contribution in [-0.4, -0.2) is 34.2 Å². The summed E-state index contributed by atoms with van der Waals surface area (Å²) in [5.74, 6) is 0.497. The van der Waals surface area contributed by atoms with Crippen molar-refractivity contribution in [2.75, 3.05) is 23.9 Å². The third-order valence-electron chi connectivity index (χ3n) is 2.22. The Morgan fingerprint density at radius 3 is 2.93 bits per heavy atom. The molecule has 15 heavy (non-hydrogen) atoms. The van der Waals surface area contributed by atoms with Crippen LogP contribution in [-0.2, 0) is 0 Å². The highest BCUT2D eigenvalue weighted by Crippen LogP contribution is 2.16. The normalized spacial score (nSPS) is 14.6. The standard InChI is InChI=1S/C10H17N3OS/c1-7(9(6-14)15-2)13-8-3-4-12-10(11)5-8/h3-5,7,9,14H,6H2,1-2H3,(H3,11,12,13). The van der Waals surface area contributed by atoms with Gasteiger partial charge >= 0.3 is 0 Å². The number of thioether (sulfide) groups is 1. The second-order valence-corrected chi connectivity index (χ2v) is 4.44. The van der Waals surface area contributed by atoms with Crippen LogP contribution >= 0.6 is 11.8 Å². The molecule has 0 aliphatic heterocycles. The molecule has 1 aromatic heterocycles. The first-order chi connectivity index (χ1) is 7.17. The quantitative estimate of drug-likeness (QED) is 0.705. The number of anilines is 2. The number of nitrogens with two attached hydrogens (primary N) is 1. The maximum Gasteiger partial charge on any atom is 0.125 e. The summed E-state index contributed by atoms with van der Waals surface area (Å²) in [6.07, 6.45) is 3.65. The number of pyridine rings is 1. The van der Waals surface area contributed by atoms with E-state index < -0.39 is 0 Å². The van der Waals surface area contributed by atoms with E-state index in [9.17, 15) is 0 Å². The molecule has 2 atom stereocenters. The van der Waals surface area contributed by atoms with Crippen molar-refractivity contribution in [2.45, 2.75) is 18.2 Å². The monoisotopic (exact) mass is 227 g/mol. The van der Waals surface area contributed by atoms with Crippen LogP contribution in [0.2, 0.25) is 0 Å². The number of nitrogen functional groups attached to an aromatic ring is 1. The lowest BCUT2D eigenvalue weighted by Crippen LogP contribution is -2.30. The summed E-state index contributed by atoms with van der Waals surface area (Å²) < 4.78 is 0. The molecule has 0 aliphatic carbocycles. The van der Waals surface area contributed by atoms with Crippen molar-refractivity contribution < 1.29 is 5.11 Å². The average molecular weight is 227 g/mol. The summed E-state index contributed by atoms with van der Waals surface area (Å²) in [6, 6.07) is 3.83. The number of nitrogens with one attached hydrogen (secondary N) is 1. The Balaban J connectivity index is 2.61. The van der Waals surface area contributed by atoms with Gasteiger partial charge in [-0.05, 0) is 19.2 Å². The fraction of sp³-hybridized carbons (Fsp3) is 0.500. The van der Waals surface area contributed by atoms with Crippen LogP contribution in [0.15, 0.2) is 18.3 Å². The lowest BCUT2D eigenvalue weighted by atomic mass is 10.2. The Labute approximate surface area is 94.3 Å². The van der Waals surface area contributed by atoms with E-state index in [0.29, 0.717) is 5.82 Å². The Kier molecular flexibility index (Phi) is 4.71. The van der Waals surface area contributed by atoms with Crippen molar-refractivity contribution in [1.82, 2.24) is 4.98 Å². The van der Waals surface area contributed by atoms with Gasteiger partial charge in [-0.2, -0.15) is 11.8 Å². The fourth-order valence-corrected chi connectivity index (χ4v) is 1.96. The topological polar surface area (TPSA) is 71.2 Å². The predicted molar refractivity (Wildman–Crippen MR) is 66.1 cm³/mol. The largest absolute Gasteiger partial charge is 0.395 e. The first-order valence-electron chi connectivity index (χ1n) is 4.79. The zero-order chi connectivity index (χ0) is 11.3. The van der Waals surface area contributed by atoms with Gasteiger partial charge in [0.05, 0.1) is 6.61 Å². The minimum atomic E-state index is 0.163. The Morgan fingerprint density at radius 2 is 2.40 bits per heavy atom. The molecule has 0 saturated carbocycles. The van der Waals surface area contributed by atoms with Crippen LogP contribution in [0.1, 0.15) is 6.92 Å². The van der Waals surface area contributed by atoms with Gasteiger partial charge in [-0.15, -0.1) is 0 Å². The summed E-state index contributed by atoms with van der Waals surface area (Å²) in [6.45, 7) is 2.20. The van der Waals surface area contributed by atoms with Crippen molar-refractivity contribution in [3.05, 3.63) is 18.3 Å². The second-order valence-electron chi connectivity index (χ2n) is 3.36. The molecule has 1 rings (SSSR count). The van der Waals surface area contributed by atoms with E-state index >= 15 is 0 Å². The molecular weight excluding hydrogens is 210 g/mol. The molecule has 0 amide bonds. The summed E-state index contributed by atoms with van der Waals surface area (Å²) in [4.78, 5) is 3.92. The lowest BCUT2D eigenvalue weighted by Gasteiger charge is -2.22. The van der Waals surface area contributed by atoms with Crippen LogP contribution in [0.5, 0.6) is 0 Å². The van der Waals surface area contributed by atoms with Crippen molar-refractivity contribution in [1.29, 1.82) is 0 Å². The molecule has 0 saturated heterocycles. The maximum atomic E-state index is 9.13. The number of aliphatic hydroxyl groups is 1. The Bertz CT molecular complexity index is 304. The minimum absolute atomic E-state index is 0.163. The highest BCUT2D eigenvalue weighted by Gasteiger charge is 2.14. The third-order valence-corrected chi connectivity index (χ3v) is 3.38. The molecule has 0 fully saturated rings. The molecule has 0 bridgehead atoms. The number of aromatic nitrogens is 1. The van der Waals surface area contributed by atoms with Gasteiger partial charge in [-0.1, -0.05) is 0 Å². The molecular formula is C10H17N3OS. The van der Waals surface area contributed by atoms with Gasteiger partial charge in [0.15, 0.2) is 0 Å². The van der Waals surface area contributed by atoms with Gasteiger partial charge in [0.25, 0.3) is 0 Å². The number of aliphatic hydroxyl groups excluding tert-OH is 1. The highest BCUT2D eigenvalue weighted by atomic mass is 32.2. The molecule has 4 nitrogen and oxygen atoms in total. The van der Waals surface area contributed by atoms with E-state index in [1.807, 2.05) is 19.2 Å². The molecule has 2 unspecified atom stereocenters. The second kappa shape index (κ2) is 5.82. The van der Waals surface area contributed by atoms with Gasteiger partial charge in [0.2, 0.25) is 0 Å². The first kappa shape index (κ1) is 12.1. The summed E-state index contributed by atoms with van der Waals surface area (Å²) in [5.41, 5.74) is 6.50. The molecule has 1 aromatic rings. The van der Waals surface area contributed by atoms with E-state index in [1.165, 1.54) is 0 Å². The smallest absolute Gasteiger partial charge is 0.125 e. The third kappa shape index (κ3) is 3.60. The van der Waals surface area contributed by atoms with Crippen LogP contribution < -0.4 is 11.1 Å². The van der Waals surface area contributed by atoms with Gasteiger partial charge in [0.1, 0.15) is 5.82 Å². The molecule has 0 aliphatic rings. The van der Waals surface area contributed by atoms with Crippen LogP contribution in [0.3, 0.4) is 0 Å². The van der Waals surface area contributed by atoms with Gasteiger partial charge in [0, 0.05) is 29.2 Å². The number of hydrogen-bond donors (Lipinski definition) is 3. The van der Waals surface area contributed by atoms with Gasteiger partial charge in [-0.25, -0.2) is 4.98 Å².